The standard InChI is InChI=1S/C16H33N3O.HI/c1-15(2,13-9-7-8-10-13)11-18-14(17-5)19-12-16(3,4)20-6;/h13H,7-12H2,1-6H3,(H2,17,18,19);1H. The third-order valence-corrected chi connectivity index (χ3v) is 4.63. The van der Waals surface area contributed by atoms with Gasteiger partial charge in [-0.2, -0.15) is 0 Å². The van der Waals surface area contributed by atoms with Crippen molar-refractivity contribution in [2.45, 2.75) is 59.0 Å². The monoisotopic (exact) mass is 411 g/mol. The molecule has 0 bridgehead atoms. The van der Waals surface area contributed by atoms with E-state index < -0.39 is 0 Å². The first-order valence-corrected chi connectivity index (χ1v) is 7.80. The molecule has 1 fully saturated rings. The predicted molar refractivity (Wildman–Crippen MR) is 102 cm³/mol. The molecule has 0 aromatic rings. The van der Waals surface area contributed by atoms with Crippen LogP contribution < -0.4 is 10.6 Å². The summed E-state index contributed by atoms with van der Waals surface area (Å²) in [5.41, 5.74) is 0.142. The normalized spacial score (nSPS) is 17.5. The summed E-state index contributed by atoms with van der Waals surface area (Å²) >= 11 is 0. The van der Waals surface area contributed by atoms with Gasteiger partial charge < -0.3 is 15.4 Å². The SMILES string of the molecule is CN=C(NCC(C)(C)OC)NCC(C)(C)C1CCCC1.I. The minimum absolute atomic E-state index is 0. The van der Waals surface area contributed by atoms with Crippen molar-refractivity contribution >= 4 is 29.9 Å². The number of nitrogens with zero attached hydrogens (tertiary/aromatic N) is 1. The van der Waals surface area contributed by atoms with Crippen molar-refractivity contribution in [3.8, 4) is 0 Å². The number of aliphatic imine (C=N–C) groups is 1. The Morgan fingerprint density at radius 3 is 2.10 bits per heavy atom. The van der Waals surface area contributed by atoms with Gasteiger partial charge in [-0.25, -0.2) is 0 Å². The zero-order valence-electron chi connectivity index (χ0n) is 14.6. The molecule has 0 unspecified atom stereocenters. The summed E-state index contributed by atoms with van der Waals surface area (Å²) < 4.78 is 5.41. The molecule has 1 aliphatic rings. The zero-order chi connectivity index (χ0) is 15.2. The molecule has 1 aliphatic carbocycles. The largest absolute Gasteiger partial charge is 0.377 e. The van der Waals surface area contributed by atoms with Crippen LogP contribution in [0.5, 0.6) is 0 Å². The van der Waals surface area contributed by atoms with Crippen molar-refractivity contribution in [1.29, 1.82) is 0 Å². The fourth-order valence-electron chi connectivity index (χ4n) is 2.75. The highest BCUT2D eigenvalue weighted by molar-refractivity contribution is 14.0. The predicted octanol–water partition coefficient (Wildman–Crippen LogP) is 3.41. The lowest BCUT2D eigenvalue weighted by atomic mass is 9.78. The fraction of sp³-hybridized carbons (Fsp3) is 0.938. The van der Waals surface area contributed by atoms with Crippen LogP contribution in [0.2, 0.25) is 0 Å². The molecular formula is C16H34IN3O. The van der Waals surface area contributed by atoms with E-state index in [4.69, 9.17) is 4.74 Å². The summed E-state index contributed by atoms with van der Waals surface area (Å²) in [5.74, 6) is 1.70. The highest BCUT2D eigenvalue weighted by Crippen LogP contribution is 2.38. The van der Waals surface area contributed by atoms with E-state index in [2.05, 4.69) is 43.3 Å². The van der Waals surface area contributed by atoms with Crippen LogP contribution in [0.3, 0.4) is 0 Å². The van der Waals surface area contributed by atoms with Crippen LogP contribution in [-0.4, -0.2) is 38.8 Å². The Labute approximate surface area is 147 Å². The summed E-state index contributed by atoms with van der Waals surface area (Å²) in [5, 5.41) is 6.80. The van der Waals surface area contributed by atoms with Gasteiger partial charge in [0.05, 0.1) is 5.60 Å². The van der Waals surface area contributed by atoms with Crippen molar-refractivity contribution in [3.05, 3.63) is 0 Å². The molecule has 0 aliphatic heterocycles. The van der Waals surface area contributed by atoms with Gasteiger partial charge in [0.25, 0.3) is 0 Å². The van der Waals surface area contributed by atoms with Gasteiger partial charge in [0.1, 0.15) is 0 Å². The third kappa shape index (κ3) is 7.17. The second-order valence-corrected chi connectivity index (χ2v) is 7.21. The molecule has 5 heteroatoms. The molecular weight excluding hydrogens is 377 g/mol. The van der Waals surface area contributed by atoms with E-state index in [-0.39, 0.29) is 29.6 Å². The molecule has 0 aromatic heterocycles. The van der Waals surface area contributed by atoms with Gasteiger partial charge in [0.2, 0.25) is 0 Å². The Morgan fingerprint density at radius 1 is 1.10 bits per heavy atom. The van der Waals surface area contributed by atoms with E-state index >= 15 is 0 Å². The maximum absolute atomic E-state index is 5.41. The summed E-state index contributed by atoms with van der Waals surface area (Å²) in [6.45, 7) is 10.6. The van der Waals surface area contributed by atoms with E-state index in [0.29, 0.717) is 5.41 Å². The molecule has 126 valence electrons. The molecule has 4 nitrogen and oxygen atoms in total. The number of guanidine groups is 1. The maximum atomic E-state index is 5.41. The zero-order valence-corrected chi connectivity index (χ0v) is 16.9. The molecule has 0 atom stereocenters. The van der Waals surface area contributed by atoms with Crippen LogP contribution in [0.15, 0.2) is 4.99 Å². The number of rotatable bonds is 6. The van der Waals surface area contributed by atoms with Crippen molar-refractivity contribution in [1.82, 2.24) is 10.6 Å². The van der Waals surface area contributed by atoms with Crippen LogP contribution >= 0.6 is 24.0 Å². The van der Waals surface area contributed by atoms with E-state index in [1.165, 1.54) is 25.7 Å². The minimum Gasteiger partial charge on any atom is -0.377 e. The van der Waals surface area contributed by atoms with Crippen LogP contribution in [0.25, 0.3) is 0 Å². The van der Waals surface area contributed by atoms with Gasteiger partial charge in [-0.05, 0) is 38.0 Å². The molecule has 2 N–H and O–H groups in total. The maximum Gasteiger partial charge on any atom is 0.191 e. The summed E-state index contributed by atoms with van der Waals surface area (Å²) in [4.78, 5) is 4.29. The van der Waals surface area contributed by atoms with Crippen LogP contribution in [0, 0.1) is 11.3 Å². The molecule has 0 radical (unpaired) electrons. The first-order valence-electron chi connectivity index (χ1n) is 7.80. The van der Waals surface area contributed by atoms with Crippen LogP contribution in [-0.2, 0) is 4.74 Å². The highest BCUT2D eigenvalue weighted by Gasteiger charge is 2.31. The topological polar surface area (TPSA) is 45.7 Å². The van der Waals surface area contributed by atoms with Crippen LogP contribution in [0.1, 0.15) is 53.4 Å². The molecule has 0 spiro atoms. The summed E-state index contributed by atoms with van der Waals surface area (Å²) in [6.07, 6.45) is 5.53. The molecule has 0 heterocycles. The molecule has 1 saturated carbocycles. The second kappa shape index (κ2) is 9.18. The first kappa shape index (κ1) is 21.0. The second-order valence-electron chi connectivity index (χ2n) is 7.21. The van der Waals surface area contributed by atoms with Crippen LogP contribution in [0.4, 0.5) is 0 Å². The van der Waals surface area contributed by atoms with E-state index in [1.807, 2.05) is 7.05 Å². The van der Waals surface area contributed by atoms with E-state index in [0.717, 1.165) is 25.0 Å². The van der Waals surface area contributed by atoms with Gasteiger partial charge >= 0.3 is 0 Å². The molecule has 1 rings (SSSR count). The van der Waals surface area contributed by atoms with Crippen molar-refractivity contribution in [2.75, 3.05) is 27.2 Å². The Balaban J connectivity index is 0.00000400. The lowest BCUT2D eigenvalue weighted by molar-refractivity contribution is 0.0268. The molecule has 0 saturated heterocycles. The quantitative estimate of drug-likeness (QED) is 0.400. The Morgan fingerprint density at radius 2 is 1.62 bits per heavy atom. The fourth-order valence-corrected chi connectivity index (χ4v) is 2.75. The Hall–Kier alpha value is -0.0400. The average Bonchev–Trinajstić information content (AvgIpc) is 2.93. The smallest absolute Gasteiger partial charge is 0.191 e. The van der Waals surface area contributed by atoms with Crippen molar-refractivity contribution < 1.29 is 4.74 Å². The molecule has 0 amide bonds. The van der Waals surface area contributed by atoms with Crippen molar-refractivity contribution in [3.63, 3.8) is 0 Å². The van der Waals surface area contributed by atoms with Gasteiger partial charge in [-0.1, -0.05) is 26.7 Å². The number of halogens is 1. The van der Waals surface area contributed by atoms with Gasteiger partial charge in [0.15, 0.2) is 5.96 Å². The number of methoxy groups -OCH3 is 1. The minimum atomic E-state index is -0.182. The Kier molecular flexibility index (Phi) is 9.16. The lowest BCUT2D eigenvalue weighted by Gasteiger charge is -2.33. The third-order valence-electron chi connectivity index (χ3n) is 4.63. The average molecular weight is 411 g/mol. The van der Waals surface area contributed by atoms with Gasteiger partial charge in [-0.3, -0.25) is 4.99 Å². The number of hydrogen-bond acceptors (Lipinski definition) is 2. The van der Waals surface area contributed by atoms with Crippen molar-refractivity contribution in [2.24, 2.45) is 16.3 Å². The lowest BCUT2D eigenvalue weighted by Crippen LogP contribution is -2.48. The number of nitrogens with one attached hydrogen (secondary N) is 2. The van der Waals surface area contributed by atoms with Gasteiger partial charge in [-0.15, -0.1) is 24.0 Å². The molecule has 0 aromatic carbocycles. The van der Waals surface area contributed by atoms with E-state index in [1.54, 1.807) is 7.11 Å². The molecule has 21 heavy (non-hydrogen) atoms. The summed E-state index contributed by atoms with van der Waals surface area (Å²) in [6, 6.07) is 0. The first-order chi connectivity index (χ1) is 9.30. The number of hydrogen-bond donors (Lipinski definition) is 2. The van der Waals surface area contributed by atoms with Gasteiger partial charge in [0, 0.05) is 27.2 Å². The Bertz CT molecular complexity index is 323. The number of ether oxygens (including phenoxy) is 1. The van der Waals surface area contributed by atoms with E-state index in [9.17, 15) is 0 Å². The highest BCUT2D eigenvalue weighted by atomic mass is 127. The summed E-state index contributed by atoms with van der Waals surface area (Å²) in [7, 11) is 3.55.